The second-order valence-corrected chi connectivity index (χ2v) is 7.91. The maximum atomic E-state index is 14.0. The van der Waals surface area contributed by atoms with E-state index in [-0.39, 0.29) is 18.1 Å². The van der Waals surface area contributed by atoms with Gasteiger partial charge in [-0.25, -0.2) is 4.39 Å². The van der Waals surface area contributed by atoms with Crippen LogP contribution in [0.3, 0.4) is 0 Å². The van der Waals surface area contributed by atoms with E-state index in [9.17, 15) is 14.0 Å². The number of carboxylic acid groups (broad SMARTS) is 1. The van der Waals surface area contributed by atoms with Gasteiger partial charge in [0.2, 0.25) is 0 Å². The summed E-state index contributed by atoms with van der Waals surface area (Å²) >= 11 is 0. The van der Waals surface area contributed by atoms with Crippen molar-refractivity contribution in [1.29, 1.82) is 0 Å². The third-order valence-electron chi connectivity index (χ3n) is 5.47. The normalized spacial score (nSPS) is 10.6. The molecule has 0 atom stereocenters. The molecule has 7 heteroatoms. The summed E-state index contributed by atoms with van der Waals surface area (Å²) in [6.45, 7) is 0.729. The number of methoxy groups -OCH3 is 2. The molecule has 0 heterocycles. The van der Waals surface area contributed by atoms with Gasteiger partial charge in [-0.3, -0.25) is 9.59 Å². The molecule has 6 nitrogen and oxygen atoms in total. The van der Waals surface area contributed by atoms with E-state index in [0.29, 0.717) is 54.1 Å². The van der Waals surface area contributed by atoms with Gasteiger partial charge in [0.1, 0.15) is 17.3 Å². The van der Waals surface area contributed by atoms with Gasteiger partial charge in [0, 0.05) is 24.7 Å². The van der Waals surface area contributed by atoms with Crippen molar-refractivity contribution in [3.05, 3.63) is 94.8 Å². The molecular weight excluding hydrogens is 437 g/mol. The minimum absolute atomic E-state index is 0.0603. The van der Waals surface area contributed by atoms with Gasteiger partial charge in [-0.05, 0) is 47.7 Å². The first kappa shape index (κ1) is 24.8. The van der Waals surface area contributed by atoms with Crippen molar-refractivity contribution in [1.82, 2.24) is 4.90 Å². The minimum Gasteiger partial charge on any atom is -0.497 e. The largest absolute Gasteiger partial charge is 0.497 e. The topological polar surface area (TPSA) is 76.1 Å². The van der Waals surface area contributed by atoms with Crippen molar-refractivity contribution in [3.8, 4) is 11.5 Å². The fourth-order valence-corrected chi connectivity index (χ4v) is 3.68. The molecule has 0 radical (unpaired) electrons. The molecule has 0 aliphatic heterocycles. The second kappa shape index (κ2) is 11.8. The number of halogens is 1. The summed E-state index contributed by atoms with van der Waals surface area (Å²) in [5.41, 5.74) is 2.58. The van der Waals surface area contributed by atoms with E-state index in [4.69, 9.17) is 14.6 Å². The van der Waals surface area contributed by atoms with Crippen molar-refractivity contribution in [2.75, 3.05) is 20.8 Å². The number of carboxylic acids is 1. The highest BCUT2D eigenvalue weighted by Gasteiger charge is 2.19. The number of aliphatic carboxylic acids is 1. The second-order valence-electron chi connectivity index (χ2n) is 7.91. The smallest absolute Gasteiger partial charge is 0.307 e. The van der Waals surface area contributed by atoms with Gasteiger partial charge < -0.3 is 19.5 Å². The van der Waals surface area contributed by atoms with E-state index in [1.807, 2.05) is 12.1 Å². The fraction of sp³-hybridized carbons (Fsp3) is 0.259. The van der Waals surface area contributed by atoms with Crippen LogP contribution in [0, 0.1) is 5.82 Å². The Bertz CT molecular complexity index is 1110. The molecule has 0 aliphatic carbocycles. The highest BCUT2D eigenvalue weighted by atomic mass is 19.1. The van der Waals surface area contributed by atoms with Crippen LogP contribution in [0.2, 0.25) is 0 Å². The number of benzene rings is 3. The van der Waals surface area contributed by atoms with Gasteiger partial charge in [-0.1, -0.05) is 42.5 Å². The van der Waals surface area contributed by atoms with E-state index in [2.05, 4.69) is 0 Å². The Morgan fingerprint density at radius 1 is 0.912 bits per heavy atom. The lowest BCUT2D eigenvalue weighted by atomic mass is 10.1. The number of rotatable bonds is 11. The first-order valence-electron chi connectivity index (χ1n) is 10.9. The molecule has 178 valence electrons. The number of carbonyl (C=O) groups excluding carboxylic acids is 1. The molecule has 0 saturated carbocycles. The quantitative estimate of drug-likeness (QED) is 0.443. The zero-order valence-corrected chi connectivity index (χ0v) is 19.3. The Balaban J connectivity index is 1.81. The Labute approximate surface area is 198 Å². The third kappa shape index (κ3) is 6.81. The maximum absolute atomic E-state index is 14.0. The van der Waals surface area contributed by atoms with Gasteiger partial charge in [-0.2, -0.15) is 0 Å². The first-order valence-corrected chi connectivity index (χ1v) is 10.9. The van der Waals surface area contributed by atoms with Crippen molar-refractivity contribution < 1.29 is 28.6 Å². The molecule has 0 saturated heterocycles. The van der Waals surface area contributed by atoms with Crippen molar-refractivity contribution >= 4 is 11.9 Å². The standard InChI is InChI=1S/C27H28FNO5/c1-33-23-15-22(16-24(17-23)34-2)27(32)29(13-5-7-21-6-3-4-8-25(21)28)18-20-11-9-19(10-12-20)14-26(30)31/h3-4,6,8-12,15-17H,5,7,13-14,18H2,1-2H3,(H,30,31). The van der Waals surface area contributed by atoms with E-state index in [0.717, 1.165) is 5.56 Å². The summed E-state index contributed by atoms with van der Waals surface area (Å²) in [4.78, 5) is 26.1. The Hall–Kier alpha value is -3.87. The molecule has 0 aromatic heterocycles. The lowest BCUT2D eigenvalue weighted by molar-refractivity contribution is -0.136. The molecule has 34 heavy (non-hydrogen) atoms. The van der Waals surface area contributed by atoms with Crippen LogP contribution in [0.25, 0.3) is 0 Å². The van der Waals surface area contributed by atoms with Gasteiger partial charge in [0.15, 0.2) is 0 Å². The molecule has 3 aromatic rings. The van der Waals surface area contributed by atoms with E-state index < -0.39 is 5.97 Å². The van der Waals surface area contributed by atoms with Crippen LogP contribution in [-0.4, -0.2) is 42.6 Å². The lowest BCUT2D eigenvalue weighted by Gasteiger charge is -2.24. The molecule has 1 N–H and O–H groups in total. The first-order chi connectivity index (χ1) is 16.4. The number of hydrogen-bond donors (Lipinski definition) is 1. The number of aryl methyl sites for hydroxylation is 1. The minimum atomic E-state index is -0.898. The third-order valence-corrected chi connectivity index (χ3v) is 5.47. The van der Waals surface area contributed by atoms with Crippen LogP contribution >= 0.6 is 0 Å². The highest BCUT2D eigenvalue weighted by Crippen LogP contribution is 2.24. The van der Waals surface area contributed by atoms with Crippen molar-refractivity contribution in [2.24, 2.45) is 0 Å². The van der Waals surface area contributed by atoms with Gasteiger partial charge in [0.25, 0.3) is 5.91 Å². The molecule has 1 amide bonds. The average molecular weight is 466 g/mol. The average Bonchev–Trinajstić information content (AvgIpc) is 2.84. The summed E-state index contributed by atoms with van der Waals surface area (Å²) in [5, 5.41) is 8.98. The van der Waals surface area contributed by atoms with Crippen LogP contribution in [0.1, 0.15) is 33.5 Å². The highest BCUT2D eigenvalue weighted by molar-refractivity contribution is 5.95. The molecule has 0 aliphatic rings. The number of amides is 1. The Morgan fingerprint density at radius 3 is 2.12 bits per heavy atom. The van der Waals surface area contributed by atoms with E-state index in [1.54, 1.807) is 53.4 Å². The van der Waals surface area contributed by atoms with E-state index >= 15 is 0 Å². The Morgan fingerprint density at radius 2 is 1.53 bits per heavy atom. The lowest BCUT2D eigenvalue weighted by Crippen LogP contribution is -2.32. The zero-order valence-electron chi connectivity index (χ0n) is 19.3. The monoisotopic (exact) mass is 465 g/mol. The molecule has 0 bridgehead atoms. The summed E-state index contributed by atoms with van der Waals surface area (Å²) in [6, 6.07) is 18.8. The number of nitrogens with zero attached hydrogens (tertiary/aromatic N) is 1. The van der Waals surface area contributed by atoms with Crippen LogP contribution in [0.4, 0.5) is 4.39 Å². The molecule has 0 spiro atoms. The molecular formula is C27H28FNO5. The van der Waals surface area contributed by atoms with Crippen LogP contribution in [0.5, 0.6) is 11.5 Å². The Kier molecular flexibility index (Phi) is 8.62. The SMILES string of the molecule is COc1cc(OC)cc(C(=O)N(CCCc2ccccc2F)Cc2ccc(CC(=O)O)cc2)c1. The number of hydrogen-bond acceptors (Lipinski definition) is 4. The van der Waals surface area contributed by atoms with Crippen molar-refractivity contribution in [3.63, 3.8) is 0 Å². The fourth-order valence-electron chi connectivity index (χ4n) is 3.68. The number of ether oxygens (including phenoxy) is 2. The maximum Gasteiger partial charge on any atom is 0.307 e. The summed E-state index contributed by atoms with van der Waals surface area (Å²) in [5.74, 6) is -0.351. The van der Waals surface area contributed by atoms with Crippen LogP contribution < -0.4 is 9.47 Å². The van der Waals surface area contributed by atoms with Gasteiger partial charge >= 0.3 is 5.97 Å². The predicted octanol–water partition coefficient (Wildman–Crippen LogP) is 4.75. The predicted molar refractivity (Wildman–Crippen MR) is 127 cm³/mol. The molecule has 0 unspecified atom stereocenters. The summed E-state index contributed by atoms with van der Waals surface area (Å²) in [6.07, 6.45) is 1.01. The zero-order chi connectivity index (χ0) is 24.5. The summed E-state index contributed by atoms with van der Waals surface area (Å²) in [7, 11) is 3.04. The molecule has 3 rings (SSSR count). The van der Waals surface area contributed by atoms with Crippen LogP contribution in [0.15, 0.2) is 66.7 Å². The van der Waals surface area contributed by atoms with E-state index in [1.165, 1.54) is 20.3 Å². The van der Waals surface area contributed by atoms with Gasteiger partial charge in [0.05, 0.1) is 20.6 Å². The van der Waals surface area contributed by atoms with Gasteiger partial charge in [-0.15, -0.1) is 0 Å². The van der Waals surface area contributed by atoms with Crippen LogP contribution in [-0.2, 0) is 24.2 Å². The van der Waals surface area contributed by atoms with Crippen molar-refractivity contribution in [2.45, 2.75) is 25.8 Å². The molecule has 3 aromatic carbocycles. The molecule has 0 fully saturated rings. The number of carbonyl (C=O) groups is 2. The summed E-state index contributed by atoms with van der Waals surface area (Å²) < 4.78 is 24.6.